The zero-order valence-corrected chi connectivity index (χ0v) is 12.0. The van der Waals surface area contributed by atoms with Crippen molar-refractivity contribution in [2.24, 2.45) is 0 Å². The maximum atomic E-state index is 3.22. The van der Waals surface area contributed by atoms with Gasteiger partial charge in [0.15, 0.2) is 0 Å². The Bertz CT molecular complexity index is 738. The van der Waals surface area contributed by atoms with Crippen LogP contribution in [0.4, 0.5) is 0 Å². The molecule has 0 aliphatic heterocycles. The first kappa shape index (κ1) is 12.9. The van der Waals surface area contributed by atoms with E-state index in [1.807, 2.05) is 7.05 Å². The maximum Gasteiger partial charge on any atom is 0.0202 e. The molecule has 0 saturated heterocycles. The predicted molar refractivity (Wildman–Crippen MR) is 86.9 cm³/mol. The van der Waals surface area contributed by atoms with Gasteiger partial charge in [0.25, 0.3) is 0 Å². The molecule has 0 radical (unpaired) electrons. The Morgan fingerprint density at radius 2 is 1.65 bits per heavy atom. The Balaban J connectivity index is 2.22. The highest BCUT2D eigenvalue weighted by molar-refractivity contribution is 5.97. The lowest BCUT2D eigenvalue weighted by molar-refractivity contribution is 0.818. The molecule has 0 bridgehead atoms. The minimum absolute atomic E-state index is 0.901. The molecule has 3 aromatic rings. The average Bonchev–Trinajstić information content (AvgIpc) is 2.49. The van der Waals surface area contributed by atoms with Crippen LogP contribution in [-0.4, -0.2) is 7.05 Å². The second-order valence-electron chi connectivity index (χ2n) is 5.21. The molecule has 1 heteroatoms. The Morgan fingerprint density at radius 1 is 0.850 bits per heavy atom. The van der Waals surface area contributed by atoms with Gasteiger partial charge < -0.3 is 5.32 Å². The molecule has 0 saturated carbocycles. The maximum absolute atomic E-state index is 3.22. The number of hydrogen-bond donors (Lipinski definition) is 1. The molecule has 0 atom stereocenters. The van der Waals surface area contributed by atoms with Crippen LogP contribution in [0.15, 0.2) is 60.7 Å². The second-order valence-corrected chi connectivity index (χ2v) is 5.21. The highest BCUT2D eigenvalue weighted by Crippen LogP contribution is 2.31. The van der Waals surface area contributed by atoms with E-state index in [9.17, 15) is 0 Å². The van der Waals surface area contributed by atoms with Crippen molar-refractivity contribution in [3.63, 3.8) is 0 Å². The summed E-state index contributed by atoms with van der Waals surface area (Å²) in [5.41, 5.74) is 5.29. The minimum atomic E-state index is 0.901. The van der Waals surface area contributed by atoms with Crippen LogP contribution in [0.1, 0.15) is 11.1 Å². The molecule has 0 fully saturated rings. The van der Waals surface area contributed by atoms with Gasteiger partial charge in [-0.05, 0) is 53.1 Å². The topological polar surface area (TPSA) is 12.0 Å². The van der Waals surface area contributed by atoms with Gasteiger partial charge in [-0.3, -0.25) is 0 Å². The van der Waals surface area contributed by atoms with Crippen LogP contribution >= 0.6 is 0 Å². The van der Waals surface area contributed by atoms with Crippen LogP contribution in [0, 0.1) is 6.92 Å². The third kappa shape index (κ3) is 2.33. The molecule has 100 valence electrons. The SMILES string of the molecule is CNCc1ccc(C)c(-c2cccc3ccccc23)c1. The lowest BCUT2D eigenvalue weighted by Gasteiger charge is -2.12. The Hall–Kier alpha value is -2.12. The molecular weight excluding hydrogens is 242 g/mol. The largest absolute Gasteiger partial charge is 0.316 e. The van der Waals surface area contributed by atoms with Gasteiger partial charge in [0.05, 0.1) is 0 Å². The Kier molecular flexibility index (Phi) is 3.53. The number of hydrogen-bond acceptors (Lipinski definition) is 1. The zero-order valence-electron chi connectivity index (χ0n) is 12.0. The summed E-state index contributed by atoms with van der Waals surface area (Å²) in [5.74, 6) is 0. The van der Waals surface area contributed by atoms with Crippen LogP contribution in [0.25, 0.3) is 21.9 Å². The first-order valence-corrected chi connectivity index (χ1v) is 7.02. The van der Waals surface area contributed by atoms with Crippen LogP contribution in [0.2, 0.25) is 0 Å². The van der Waals surface area contributed by atoms with Gasteiger partial charge in [-0.2, -0.15) is 0 Å². The lowest BCUT2D eigenvalue weighted by Crippen LogP contribution is -2.05. The molecule has 20 heavy (non-hydrogen) atoms. The summed E-state index contributed by atoms with van der Waals surface area (Å²) in [5, 5.41) is 5.83. The van der Waals surface area contributed by atoms with Gasteiger partial charge in [-0.1, -0.05) is 54.6 Å². The lowest BCUT2D eigenvalue weighted by atomic mass is 9.94. The van der Waals surface area contributed by atoms with Crippen molar-refractivity contribution in [1.29, 1.82) is 0 Å². The molecule has 1 N–H and O–H groups in total. The van der Waals surface area contributed by atoms with Crippen molar-refractivity contribution in [3.05, 3.63) is 71.8 Å². The summed E-state index contributed by atoms with van der Waals surface area (Å²) in [6.07, 6.45) is 0. The van der Waals surface area contributed by atoms with Crippen molar-refractivity contribution >= 4 is 10.8 Å². The monoisotopic (exact) mass is 261 g/mol. The number of benzene rings is 3. The minimum Gasteiger partial charge on any atom is -0.316 e. The molecule has 0 aliphatic carbocycles. The van der Waals surface area contributed by atoms with Crippen LogP contribution < -0.4 is 5.32 Å². The standard InChI is InChI=1S/C19H19N/c1-14-10-11-15(13-20-2)12-19(14)18-9-5-7-16-6-3-4-8-17(16)18/h3-12,20H,13H2,1-2H3. The van der Waals surface area contributed by atoms with Crippen molar-refractivity contribution in [1.82, 2.24) is 5.32 Å². The quantitative estimate of drug-likeness (QED) is 0.730. The van der Waals surface area contributed by atoms with E-state index in [4.69, 9.17) is 0 Å². The van der Waals surface area contributed by atoms with E-state index in [0.29, 0.717) is 0 Å². The molecule has 0 spiro atoms. The summed E-state index contributed by atoms with van der Waals surface area (Å²) >= 11 is 0. The van der Waals surface area contributed by atoms with Gasteiger partial charge in [0, 0.05) is 6.54 Å². The van der Waals surface area contributed by atoms with Gasteiger partial charge in [0.1, 0.15) is 0 Å². The fourth-order valence-electron chi connectivity index (χ4n) is 2.73. The van der Waals surface area contributed by atoms with Crippen LogP contribution in [-0.2, 0) is 6.54 Å². The van der Waals surface area contributed by atoms with Crippen molar-refractivity contribution in [2.75, 3.05) is 7.05 Å². The van der Waals surface area contributed by atoms with E-state index in [1.54, 1.807) is 0 Å². The second kappa shape index (κ2) is 5.48. The molecule has 3 rings (SSSR count). The first-order chi connectivity index (χ1) is 9.79. The number of fused-ring (bicyclic) bond motifs is 1. The summed E-state index contributed by atoms with van der Waals surface area (Å²) in [6, 6.07) is 21.8. The Labute approximate surface area is 120 Å². The summed E-state index contributed by atoms with van der Waals surface area (Å²) in [7, 11) is 1.98. The predicted octanol–water partition coefficient (Wildman–Crippen LogP) is 4.53. The van der Waals surface area contributed by atoms with E-state index in [1.165, 1.54) is 33.0 Å². The fourth-order valence-corrected chi connectivity index (χ4v) is 2.73. The van der Waals surface area contributed by atoms with E-state index in [-0.39, 0.29) is 0 Å². The third-order valence-corrected chi connectivity index (χ3v) is 3.76. The molecule has 3 aromatic carbocycles. The van der Waals surface area contributed by atoms with Gasteiger partial charge in [0.2, 0.25) is 0 Å². The molecular formula is C19H19N. The van der Waals surface area contributed by atoms with E-state index >= 15 is 0 Å². The molecule has 1 nitrogen and oxygen atoms in total. The van der Waals surface area contributed by atoms with E-state index in [0.717, 1.165) is 6.54 Å². The van der Waals surface area contributed by atoms with Crippen molar-refractivity contribution in [2.45, 2.75) is 13.5 Å². The number of nitrogens with one attached hydrogen (secondary N) is 1. The van der Waals surface area contributed by atoms with Crippen LogP contribution in [0.5, 0.6) is 0 Å². The fraction of sp³-hybridized carbons (Fsp3) is 0.158. The molecule has 0 aliphatic rings. The van der Waals surface area contributed by atoms with E-state index < -0.39 is 0 Å². The highest BCUT2D eigenvalue weighted by atomic mass is 14.8. The number of rotatable bonds is 3. The summed E-state index contributed by atoms with van der Waals surface area (Å²) in [4.78, 5) is 0. The molecule has 0 unspecified atom stereocenters. The average molecular weight is 261 g/mol. The Morgan fingerprint density at radius 3 is 2.50 bits per heavy atom. The first-order valence-electron chi connectivity index (χ1n) is 7.02. The molecule has 0 aromatic heterocycles. The molecule has 0 heterocycles. The zero-order chi connectivity index (χ0) is 13.9. The smallest absolute Gasteiger partial charge is 0.0202 e. The summed E-state index contributed by atoms with van der Waals surface area (Å²) < 4.78 is 0. The van der Waals surface area contributed by atoms with Gasteiger partial charge in [-0.25, -0.2) is 0 Å². The third-order valence-electron chi connectivity index (χ3n) is 3.76. The van der Waals surface area contributed by atoms with Crippen molar-refractivity contribution < 1.29 is 0 Å². The number of aryl methyl sites for hydroxylation is 1. The van der Waals surface area contributed by atoms with Gasteiger partial charge >= 0.3 is 0 Å². The summed E-state index contributed by atoms with van der Waals surface area (Å²) in [6.45, 7) is 3.08. The van der Waals surface area contributed by atoms with Gasteiger partial charge in [-0.15, -0.1) is 0 Å². The highest BCUT2D eigenvalue weighted by Gasteiger charge is 2.07. The van der Waals surface area contributed by atoms with E-state index in [2.05, 4.69) is 72.9 Å². The normalized spacial score (nSPS) is 10.9. The van der Waals surface area contributed by atoms with Crippen LogP contribution in [0.3, 0.4) is 0 Å². The van der Waals surface area contributed by atoms with Crippen molar-refractivity contribution in [3.8, 4) is 11.1 Å². The molecule has 0 amide bonds.